The highest BCUT2D eigenvalue weighted by atomic mass is 16.4. The number of hydrogen-bond acceptors (Lipinski definition) is 2. The summed E-state index contributed by atoms with van der Waals surface area (Å²) in [7, 11) is 0. The van der Waals surface area contributed by atoms with Gasteiger partial charge in [-0.05, 0) is 43.0 Å². The number of carboxylic acids is 1. The van der Waals surface area contributed by atoms with Crippen LogP contribution >= 0.6 is 0 Å². The third kappa shape index (κ3) is 2.57. The number of hydrogen-bond donors (Lipinski definition) is 1. The Bertz CT molecular complexity index is 430. The Morgan fingerprint density at radius 2 is 2.00 bits per heavy atom. The lowest BCUT2D eigenvalue weighted by Crippen LogP contribution is -2.04. The van der Waals surface area contributed by atoms with Crippen LogP contribution < -0.4 is 0 Å². The van der Waals surface area contributed by atoms with E-state index in [-0.39, 0.29) is 0 Å². The van der Waals surface area contributed by atoms with Crippen molar-refractivity contribution in [3.05, 3.63) is 34.4 Å². The van der Waals surface area contributed by atoms with Crippen molar-refractivity contribution in [2.45, 2.75) is 26.7 Å². The fourth-order valence-electron chi connectivity index (χ4n) is 1.47. The summed E-state index contributed by atoms with van der Waals surface area (Å²) in [6, 6.07) is 5.55. The molecule has 0 amide bonds. The van der Waals surface area contributed by atoms with Crippen molar-refractivity contribution in [3.63, 3.8) is 0 Å². The zero-order valence-electron chi connectivity index (χ0n) is 8.87. The van der Waals surface area contributed by atoms with Gasteiger partial charge in [0.05, 0.1) is 11.6 Å². The van der Waals surface area contributed by atoms with Gasteiger partial charge in [-0.3, -0.25) is 0 Å². The van der Waals surface area contributed by atoms with Crippen LogP contribution in [0.1, 0.15) is 33.5 Å². The summed E-state index contributed by atoms with van der Waals surface area (Å²) in [5, 5.41) is 17.5. The molecule has 0 bridgehead atoms. The van der Waals surface area contributed by atoms with Crippen LogP contribution in [0.4, 0.5) is 0 Å². The van der Waals surface area contributed by atoms with Gasteiger partial charge in [0.25, 0.3) is 0 Å². The predicted octanol–water partition coefficient (Wildman–Crippen LogP) is 2.46. The summed E-state index contributed by atoms with van der Waals surface area (Å²) in [5.41, 5.74) is 3.08. The standard InChI is InChI=1S/C12H13NO2/c1-8-6-10(4-3-5-13)11(12(14)15)7-9(8)2/h6-7H,3-4H2,1-2H3,(H,14,15). The minimum absolute atomic E-state index is 0.313. The lowest BCUT2D eigenvalue weighted by molar-refractivity contribution is 0.0695. The maximum atomic E-state index is 11.0. The highest BCUT2D eigenvalue weighted by molar-refractivity contribution is 5.89. The van der Waals surface area contributed by atoms with E-state index in [9.17, 15) is 4.79 Å². The number of aromatic carboxylic acids is 1. The first kappa shape index (κ1) is 11.3. The molecular formula is C12H13NO2. The van der Waals surface area contributed by atoms with Gasteiger partial charge >= 0.3 is 5.97 Å². The van der Waals surface area contributed by atoms with Crippen molar-refractivity contribution in [1.82, 2.24) is 0 Å². The first-order valence-corrected chi connectivity index (χ1v) is 4.76. The lowest BCUT2D eigenvalue weighted by Gasteiger charge is -2.08. The smallest absolute Gasteiger partial charge is 0.335 e. The van der Waals surface area contributed by atoms with Crippen molar-refractivity contribution in [2.24, 2.45) is 0 Å². The monoisotopic (exact) mass is 203 g/mol. The van der Waals surface area contributed by atoms with Crippen LogP contribution in [0.15, 0.2) is 12.1 Å². The summed E-state index contributed by atoms with van der Waals surface area (Å²) in [6.45, 7) is 3.83. The molecule has 0 saturated heterocycles. The molecule has 0 spiro atoms. The summed E-state index contributed by atoms with van der Waals surface area (Å²) in [5.74, 6) is -0.925. The van der Waals surface area contributed by atoms with Crippen LogP contribution in [-0.2, 0) is 6.42 Å². The van der Waals surface area contributed by atoms with Crippen molar-refractivity contribution in [1.29, 1.82) is 5.26 Å². The quantitative estimate of drug-likeness (QED) is 0.820. The molecule has 3 nitrogen and oxygen atoms in total. The van der Waals surface area contributed by atoms with Gasteiger partial charge in [0.2, 0.25) is 0 Å². The fraction of sp³-hybridized carbons (Fsp3) is 0.333. The molecule has 3 heteroatoms. The molecule has 1 aromatic rings. The summed E-state index contributed by atoms with van der Waals surface area (Å²) < 4.78 is 0. The van der Waals surface area contributed by atoms with Gasteiger partial charge in [-0.15, -0.1) is 0 Å². The van der Waals surface area contributed by atoms with Crippen molar-refractivity contribution >= 4 is 5.97 Å². The van der Waals surface area contributed by atoms with Crippen molar-refractivity contribution in [3.8, 4) is 6.07 Å². The first-order chi connectivity index (χ1) is 7.06. The highest BCUT2D eigenvalue weighted by Gasteiger charge is 2.11. The Balaban J connectivity index is 3.17. The molecule has 0 aliphatic rings. The van der Waals surface area contributed by atoms with Gasteiger partial charge < -0.3 is 5.11 Å². The van der Waals surface area contributed by atoms with Gasteiger partial charge in [0, 0.05) is 6.42 Å². The van der Waals surface area contributed by atoms with Crippen molar-refractivity contribution in [2.75, 3.05) is 0 Å². The Labute approximate surface area is 89.0 Å². The molecule has 15 heavy (non-hydrogen) atoms. The molecule has 78 valence electrons. The maximum absolute atomic E-state index is 11.0. The molecule has 0 saturated carbocycles. The number of carbonyl (C=O) groups is 1. The van der Waals surface area contributed by atoms with Gasteiger partial charge in [0.1, 0.15) is 0 Å². The molecule has 1 aromatic carbocycles. The first-order valence-electron chi connectivity index (χ1n) is 4.76. The third-order valence-electron chi connectivity index (χ3n) is 2.46. The van der Waals surface area contributed by atoms with E-state index in [4.69, 9.17) is 10.4 Å². The number of carboxylic acid groups (broad SMARTS) is 1. The lowest BCUT2D eigenvalue weighted by atomic mass is 9.97. The average molecular weight is 203 g/mol. The largest absolute Gasteiger partial charge is 0.478 e. The second-order valence-electron chi connectivity index (χ2n) is 3.56. The normalized spacial score (nSPS) is 9.67. The molecule has 0 heterocycles. The van der Waals surface area contributed by atoms with E-state index in [1.54, 1.807) is 6.07 Å². The van der Waals surface area contributed by atoms with Crippen LogP contribution in [0.3, 0.4) is 0 Å². The highest BCUT2D eigenvalue weighted by Crippen LogP contribution is 2.17. The minimum atomic E-state index is -0.925. The van der Waals surface area contributed by atoms with E-state index in [1.807, 2.05) is 26.0 Å². The van der Waals surface area contributed by atoms with Gasteiger partial charge in [-0.25, -0.2) is 4.79 Å². The molecule has 0 unspecified atom stereocenters. The third-order valence-corrected chi connectivity index (χ3v) is 2.46. The number of benzene rings is 1. The second kappa shape index (κ2) is 4.61. The van der Waals surface area contributed by atoms with Gasteiger partial charge in [-0.2, -0.15) is 5.26 Å². The summed E-state index contributed by atoms with van der Waals surface area (Å²) in [4.78, 5) is 11.0. The Kier molecular flexibility index (Phi) is 3.46. The molecular weight excluding hydrogens is 190 g/mol. The number of aryl methyl sites for hydroxylation is 3. The topological polar surface area (TPSA) is 61.1 Å². The molecule has 0 aliphatic heterocycles. The number of nitrogens with zero attached hydrogens (tertiary/aromatic N) is 1. The van der Waals surface area contributed by atoms with Crippen LogP contribution in [0.2, 0.25) is 0 Å². The number of nitriles is 1. The Morgan fingerprint density at radius 3 is 2.53 bits per heavy atom. The summed E-state index contributed by atoms with van der Waals surface area (Å²) in [6.07, 6.45) is 0.849. The van der Waals surface area contributed by atoms with E-state index in [0.717, 1.165) is 16.7 Å². The van der Waals surface area contributed by atoms with Crippen LogP contribution in [0, 0.1) is 25.2 Å². The average Bonchev–Trinajstić information content (AvgIpc) is 2.19. The maximum Gasteiger partial charge on any atom is 0.335 e. The molecule has 0 atom stereocenters. The van der Waals surface area contributed by atoms with E-state index < -0.39 is 5.97 Å². The second-order valence-corrected chi connectivity index (χ2v) is 3.56. The Hall–Kier alpha value is -1.82. The molecule has 0 aliphatic carbocycles. The number of rotatable bonds is 3. The zero-order chi connectivity index (χ0) is 11.4. The zero-order valence-corrected chi connectivity index (χ0v) is 8.87. The van der Waals surface area contributed by atoms with Gasteiger partial charge in [0.15, 0.2) is 0 Å². The predicted molar refractivity (Wildman–Crippen MR) is 56.8 cm³/mol. The molecule has 0 radical (unpaired) electrons. The molecule has 0 aromatic heterocycles. The van der Waals surface area contributed by atoms with Crippen LogP contribution in [0.25, 0.3) is 0 Å². The van der Waals surface area contributed by atoms with Crippen molar-refractivity contribution < 1.29 is 9.90 Å². The molecule has 1 N–H and O–H groups in total. The van der Waals surface area contributed by atoms with E-state index in [0.29, 0.717) is 18.4 Å². The molecule has 1 rings (SSSR count). The van der Waals surface area contributed by atoms with E-state index >= 15 is 0 Å². The van der Waals surface area contributed by atoms with E-state index in [1.165, 1.54) is 0 Å². The van der Waals surface area contributed by atoms with Gasteiger partial charge in [-0.1, -0.05) is 6.07 Å². The fourth-order valence-corrected chi connectivity index (χ4v) is 1.47. The SMILES string of the molecule is Cc1cc(CCC#N)c(C(=O)O)cc1C. The van der Waals surface area contributed by atoms with E-state index in [2.05, 4.69) is 0 Å². The minimum Gasteiger partial charge on any atom is -0.478 e. The van der Waals surface area contributed by atoms with Crippen LogP contribution in [0.5, 0.6) is 0 Å². The van der Waals surface area contributed by atoms with Crippen LogP contribution in [-0.4, -0.2) is 11.1 Å². The summed E-state index contributed by atoms with van der Waals surface area (Å²) >= 11 is 0. The molecule has 0 fully saturated rings. The Morgan fingerprint density at radius 1 is 1.40 bits per heavy atom.